The molecule has 0 fully saturated rings. The lowest BCUT2D eigenvalue weighted by molar-refractivity contribution is 0.389. The van der Waals surface area contributed by atoms with Crippen LogP contribution in [0.25, 0.3) is 0 Å². The molecule has 0 aromatic heterocycles. The Bertz CT molecular complexity index is 97.2. The zero-order valence-electron chi connectivity index (χ0n) is 9.35. The Morgan fingerprint density at radius 1 is 0.917 bits per heavy atom. The van der Waals surface area contributed by atoms with Gasteiger partial charge in [-0.3, -0.25) is 0 Å². The van der Waals surface area contributed by atoms with E-state index in [-0.39, 0.29) is 0 Å². The highest BCUT2D eigenvalue weighted by Gasteiger charge is 2.08. The Kier molecular flexibility index (Phi) is 6.45. The van der Waals surface area contributed by atoms with Crippen molar-refractivity contribution >= 4 is 0 Å². The first kappa shape index (κ1) is 12.0. The molecule has 0 aliphatic rings. The summed E-state index contributed by atoms with van der Waals surface area (Å²) in [5, 5.41) is 3.39. The van der Waals surface area contributed by atoms with Gasteiger partial charge < -0.3 is 5.32 Å². The van der Waals surface area contributed by atoms with Crippen LogP contribution in [0.5, 0.6) is 0 Å². The van der Waals surface area contributed by atoms with Crippen molar-refractivity contribution in [2.24, 2.45) is 11.8 Å². The number of hydrogen-bond acceptors (Lipinski definition) is 1. The van der Waals surface area contributed by atoms with Gasteiger partial charge in [-0.2, -0.15) is 0 Å². The molecule has 1 heteroatoms. The summed E-state index contributed by atoms with van der Waals surface area (Å²) in [4.78, 5) is 0. The quantitative estimate of drug-likeness (QED) is 0.647. The van der Waals surface area contributed by atoms with E-state index in [1.807, 2.05) is 0 Å². The Morgan fingerprint density at radius 2 is 1.50 bits per heavy atom. The van der Waals surface area contributed by atoms with Crippen molar-refractivity contribution in [3.8, 4) is 0 Å². The van der Waals surface area contributed by atoms with Crippen LogP contribution in [-0.4, -0.2) is 13.1 Å². The zero-order chi connectivity index (χ0) is 9.56. The number of hydrogen-bond donors (Lipinski definition) is 1. The van der Waals surface area contributed by atoms with E-state index in [1.165, 1.54) is 19.3 Å². The molecule has 1 unspecified atom stereocenters. The molecule has 0 amide bonds. The fourth-order valence-electron chi connectivity index (χ4n) is 1.48. The number of rotatable bonds is 6. The van der Waals surface area contributed by atoms with Crippen molar-refractivity contribution in [3.63, 3.8) is 0 Å². The molecular formula is C11H25N. The number of nitrogens with one attached hydrogen (secondary N) is 1. The monoisotopic (exact) mass is 171 g/mol. The summed E-state index contributed by atoms with van der Waals surface area (Å²) in [6, 6.07) is 0.729. The van der Waals surface area contributed by atoms with E-state index < -0.39 is 0 Å². The minimum atomic E-state index is 0.729. The fraction of sp³-hybridized carbons (Fsp3) is 1.00. The van der Waals surface area contributed by atoms with E-state index in [1.54, 1.807) is 0 Å². The second kappa shape index (κ2) is 6.47. The highest BCUT2D eigenvalue weighted by Crippen LogP contribution is 2.12. The van der Waals surface area contributed by atoms with Crippen LogP contribution in [0.15, 0.2) is 0 Å². The van der Waals surface area contributed by atoms with Crippen LogP contribution in [0.1, 0.15) is 47.0 Å². The minimum Gasteiger partial charge on any atom is -0.317 e. The van der Waals surface area contributed by atoms with Crippen LogP contribution in [0.4, 0.5) is 0 Å². The predicted octanol–water partition coefficient (Wildman–Crippen LogP) is 3.06. The maximum Gasteiger partial charge on any atom is 0.00665 e. The molecule has 0 aromatic carbocycles. The van der Waals surface area contributed by atoms with Crippen LogP contribution in [0, 0.1) is 11.8 Å². The molecule has 1 nitrogen and oxygen atoms in total. The van der Waals surface area contributed by atoms with Crippen LogP contribution in [0.3, 0.4) is 0 Å². The van der Waals surface area contributed by atoms with Gasteiger partial charge >= 0.3 is 0 Å². The summed E-state index contributed by atoms with van der Waals surface area (Å²) in [6.45, 7) is 9.17. The van der Waals surface area contributed by atoms with Crippen molar-refractivity contribution < 1.29 is 0 Å². The van der Waals surface area contributed by atoms with Crippen molar-refractivity contribution in [2.45, 2.75) is 53.0 Å². The summed E-state index contributed by atoms with van der Waals surface area (Å²) in [5.74, 6) is 1.66. The third-order valence-corrected chi connectivity index (χ3v) is 2.26. The lowest BCUT2D eigenvalue weighted by Crippen LogP contribution is -2.27. The largest absolute Gasteiger partial charge is 0.317 e. The van der Waals surface area contributed by atoms with E-state index >= 15 is 0 Å². The van der Waals surface area contributed by atoms with E-state index in [0.717, 1.165) is 17.9 Å². The molecule has 0 radical (unpaired) electrons. The molecule has 0 spiro atoms. The molecule has 12 heavy (non-hydrogen) atoms. The average molecular weight is 171 g/mol. The van der Waals surface area contributed by atoms with Gasteiger partial charge in [-0.1, -0.05) is 27.7 Å². The Balaban J connectivity index is 3.53. The topological polar surface area (TPSA) is 12.0 Å². The minimum absolute atomic E-state index is 0.729. The van der Waals surface area contributed by atoms with Crippen molar-refractivity contribution in [1.29, 1.82) is 0 Å². The van der Waals surface area contributed by atoms with Crippen LogP contribution in [-0.2, 0) is 0 Å². The third-order valence-electron chi connectivity index (χ3n) is 2.26. The van der Waals surface area contributed by atoms with Crippen molar-refractivity contribution in [1.82, 2.24) is 5.32 Å². The first-order valence-corrected chi connectivity index (χ1v) is 5.23. The average Bonchev–Trinajstić information content (AvgIpc) is 1.97. The van der Waals surface area contributed by atoms with Gasteiger partial charge in [-0.25, -0.2) is 0 Å². The van der Waals surface area contributed by atoms with Gasteiger partial charge in [-0.05, 0) is 38.1 Å². The second-order valence-corrected chi connectivity index (χ2v) is 4.59. The maximum absolute atomic E-state index is 3.39. The fourth-order valence-corrected chi connectivity index (χ4v) is 1.48. The van der Waals surface area contributed by atoms with Crippen molar-refractivity contribution in [2.75, 3.05) is 7.05 Å². The van der Waals surface area contributed by atoms with Gasteiger partial charge in [0.05, 0.1) is 0 Å². The molecule has 0 saturated carbocycles. The highest BCUT2D eigenvalue weighted by atomic mass is 14.9. The second-order valence-electron chi connectivity index (χ2n) is 4.59. The van der Waals surface area contributed by atoms with Gasteiger partial charge in [-0.15, -0.1) is 0 Å². The third kappa shape index (κ3) is 6.66. The molecule has 0 aliphatic heterocycles. The van der Waals surface area contributed by atoms with Crippen LogP contribution >= 0.6 is 0 Å². The van der Waals surface area contributed by atoms with Gasteiger partial charge in [0.2, 0.25) is 0 Å². The summed E-state index contributed by atoms with van der Waals surface area (Å²) in [7, 11) is 2.08. The molecular weight excluding hydrogens is 146 g/mol. The normalized spacial score (nSPS) is 14.2. The Morgan fingerprint density at radius 3 is 1.83 bits per heavy atom. The van der Waals surface area contributed by atoms with E-state index in [9.17, 15) is 0 Å². The van der Waals surface area contributed by atoms with E-state index in [2.05, 4.69) is 40.1 Å². The smallest absolute Gasteiger partial charge is 0.00665 e. The first-order valence-electron chi connectivity index (χ1n) is 5.23. The summed E-state index contributed by atoms with van der Waals surface area (Å²) >= 11 is 0. The van der Waals surface area contributed by atoms with Gasteiger partial charge in [0.25, 0.3) is 0 Å². The molecule has 0 rings (SSSR count). The summed E-state index contributed by atoms with van der Waals surface area (Å²) in [6.07, 6.45) is 3.98. The van der Waals surface area contributed by atoms with Gasteiger partial charge in [0.15, 0.2) is 0 Å². The molecule has 74 valence electrons. The molecule has 0 aromatic rings. The molecule has 0 aliphatic carbocycles. The predicted molar refractivity (Wildman–Crippen MR) is 56.4 cm³/mol. The van der Waals surface area contributed by atoms with Crippen LogP contribution in [0.2, 0.25) is 0 Å². The highest BCUT2D eigenvalue weighted by molar-refractivity contribution is 4.67. The van der Waals surface area contributed by atoms with E-state index in [4.69, 9.17) is 0 Å². The zero-order valence-corrected chi connectivity index (χ0v) is 9.35. The molecule has 1 atom stereocenters. The SMILES string of the molecule is CNC(CCC(C)C)CC(C)C. The van der Waals surface area contributed by atoms with E-state index in [0.29, 0.717) is 0 Å². The summed E-state index contributed by atoms with van der Waals surface area (Å²) in [5.41, 5.74) is 0. The molecule has 0 saturated heterocycles. The Hall–Kier alpha value is -0.0400. The van der Waals surface area contributed by atoms with Crippen LogP contribution < -0.4 is 5.32 Å². The lowest BCUT2D eigenvalue weighted by Gasteiger charge is -2.19. The van der Waals surface area contributed by atoms with Gasteiger partial charge in [0.1, 0.15) is 0 Å². The molecule has 0 heterocycles. The lowest BCUT2D eigenvalue weighted by atomic mass is 9.96. The van der Waals surface area contributed by atoms with Gasteiger partial charge in [0, 0.05) is 6.04 Å². The summed E-state index contributed by atoms with van der Waals surface area (Å²) < 4.78 is 0. The molecule has 1 N–H and O–H groups in total. The maximum atomic E-state index is 3.39. The van der Waals surface area contributed by atoms with Crippen molar-refractivity contribution in [3.05, 3.63) is 0 Å². The Labute approximate surface area is 77.9 Å². The standard InChI is InChI=1S/C11H25N/c1-9(2)6-7-11(12-5)8-10(3)4/h9-12H,6-8H2,1-5H3. The first-order chi connectivity index (χ1) is 5.56. The molecule has 0 bridgehead atoms.